The molecule has 8 heteroatoms. The van der Waals surface area contributed by atoms with Crippen molar-refractivity contribution in [2.75, 3.05) is 13.1 Å². The Balaban J connectivity index is 2.10. The number of allylic oxidation sites excluding steroid dienone is 1. The summed E-state index contributed by atoms with van der Waals surface area (Å²) >= 11 is 12.9. The highest BCUT2D eigenvalue weighted by Gasteiger charge is 2.28. The molecule has 6 nitrogen and oxygen atoms in total. The zero-order valence-electron chi connectivity index (χ0n) is 15.9. The van der Waals surface area contributed by atoms with E-state index < -0.39 is 0 Å². The number of nitrogens with one attached hydrogen (secondary N) is 1. The lowest BCUT2D eigenvalue weighted by molar-refractivity contribution is -0.132. The second-order valence-electron chi connectivity index (χ2n) is 7.03. The summed E-state index contributed by atoms with van der Waals surface area (Å²) < 4.78 is 2.05. The van der Waals surface area contributed by atoms with E-state index in [4.69, 9.17) is 40.1 Å². The number of carbonyl (C=O) groups excluding carboxylic acids is 1. The summed E-state index contributed by atoms with van der Waals surface area (Å²) in [4.78, 5) is 14.5. The molecule has 0 saturated carbocycles. The van der Waals surface area contributed by atoms with Crippen molar-refractivity contribution in [3.63, 3.8) is 0 Å². The molecule has 5 N–H and O–H groups in total. The number of hydrogen-bond donors (Lipinski definition) is 3. The first-order chi connectivity index (χ1) is 13.4. The summed E-state index contributed by atoms with van der Waals surface area (Å²) in [7, 11) is 1.96. The summed E-state index contributed by atoms with van der Waals surface area (Å²) in [5.74, 6) is 0.140. The zero-order valence-corrected chi connectivity index (χ0v) is 17.4. The lowest BCUT2D eigenvalue weighted by Gasteiger charge is -2.28. The molecule has 1 aliphatic heterocycles. The summed E-state index contributed by atoms with van der Waals surface area (Å²) in [6.07, 6.45) is 5.57. The van der Waals surface area contributed by atoms with E-state index in [1.165, 1.54) is 6.08 Å². The Hall–Kier alpha value is -2.02. The van der Waals surface area contributed by atoms with Crippen LogP contribution >= 0.6 is 23.2 Å². The van der Waals surface area contributed by atoms with E-state index in [2.05, 4.69) is 4.57 Å². The van der Waals surface area contributed by atoms with Gasteiger partial charge < -0.3 is 26.3 Å². The van der Waals surface area contributed by atoms with Crippen LogP contribution in [0.25, 0.3) is 16.6 Å². The molecular formula is C20H25Cl2N5O. The fourth-order valence-electron chi connectivity index (χ4n) is 3.91. The van der Waals surface area contributed by atoms with E-state index in [1.807, 2.05) is 11.9 Å². The van der Waals surface area contributed by atoms with E-state index in [9.17, 15) is 4.79 Å². The zero-order chi connectivity index (χ0) is 20.4. The third kappa shape index (κ3) is 3.64. The Bertz CT molecular complexity index is 964. The number of nitrogens with two attached hydrogens (primary N) is 2. The van der Waals surface area contributed by atoms with Gasteiger partial charge in [0.25, 0.3) is 0 Å². The summed E-state index contributed by atoms with van der Waals surface area (Å²) in [5.41, 5.74) is 15.9. The molecule has 0 atom stereocenters. The molecule has 0 saturated heterocycles. The van der Waals surface area contributed by atoms with Crippen LogP contribution < -0.4 is 11.5 Å². The third-order valence-corrected chi connectivity index (χ3v) is 6.10. The van der Waals surface area contributed by atoms with Crippen molar-refractivity contribution < 1.29 is 4.79 Å². The lowest BCUT2D eigenvalue weighted by atomic mass is 9.98. The fraction of sp³-hybridized carbons (Fsp3) is 0.400. The summed E-state index contributed by atoms with van der Waals surface area (Å²) in [6.45, 7) is 1.78. The summed E-state index contributed by atoms with van der Waals surface area (Å²) in [6, 6.07) is 1.74. The van der Waals surface area contributed by atoms with Crippen LogP contribution in [0, 0.1) is 5.41 Å². The maximum absolute atomic E-state index is 12.6. The standard InChI is InChI=1S/C20H25Cl2N5O/c1-26-16-6-9-27(17(28)4-2-3-7-23)11-13(16)18-12(15(25)5-8-24)10-14(21)19(22)20(18)26/h5,8,10,24H,2-4,6-7,9,11,23,25H2,1H3/b15-5-,24-8?. The van der Waals surface area contributed by atoms with E-state index in [0.29, 0.717) is 41.8 Å². The number of unbranched alkanes of at least 4 members (excludes halogenated alkanes) is 1. The molecule has 2 heterocycles. The normalized spacial score (nSPS) is 14.4. The van der Waals surface area contributed by atoms with Gasteiger partial charge in [0.2, 0.25) is 5.91 Å². The Morgan fingerprint density at radius 3 is 2.79 bits per heavy atom. The first-order valence-corrected chi connectivity index (χ1v) is 10.1. The van der Waals surface area contributed by atoms with Crippen molar-refractivity contribution in [3.05, 3.63) is 39.0 Å². The Kier molecular flexibility index (Phi) is 6.33. The van der Waals surface area contributed by atoms with E-state index in [1.54, 1.807) is 6.07 Å². The maximum Gasteiger partial charge on any atom is 0.222 e. The number of halogens is 2. The molecule has 0 spiro atoms. The van der Waals surface area contributed by atoms with Crippen LogP contribution in [0.4, 0.5) is 0 Å². The Labute approximate surface area is 174 Å². The number of aryl methyl sites for hydroxylation is 1. The van der Waals surface area contributed by atoms with Crippen LogP contribution in [0.5, 0.6) is 0 Å². The van der Waals surface area contributed by atoms with Crippen molar-refractivity contribution in [2.45, 2.75) is 32.2 Å². The number of fused-ring (bicyclic) bond motifs is 3. The lowest BCUT2D eigenvalue weighted by Crippen LogP contribution is -2.36. The number of rotatable bonds is 6. The molecule has 1 aliphatic rings. The minimum atomic E-state index is 0.140. The molecule has 0 fully saturated rings. The minimum absolute atomic E-state index is 0.140. The molecule has 1 amide bonds. The molecule has 0 bridgehead atoms. The predicted molar refractivity (Wildman–Crippen MR) is 116 cm³/mol. The van der Waals surface area contributed by atoms with Gasteiger partial charge in [-0.3, -0.25) is 4.79 Å². The van der Waals surface area contributed by atoms with Crippen LogP contribution in [0.3, 0.4) is 0 Å². The number of aromatic nitrogens is 1. The van der Waals surface area contributed by atoms with Crippen molar-refractivity contribution >= 4 is 51.9 Å². The van der Waals surface area contributed by atoms with Gasteiger partial charge in [0.15, 0.2) is 0 Å². The monoisotopic (exact) mass is 421 g/mol. The van der Waals surface area contributed by atoms with Crippen LogP contribution in [-0.2, 0) is 24.8 Å². The number of carbonyl (C=O) groups is 1. The number of amides is 1. The second kappa shape index (κ2) is 8.55. The quantitative estimate of drug-likeness (QED) is 0.491. The highest BCUT2D eigenvalue weighted by Crippen LogP contribution is 2.41. The van der Waals surface area contributed by atoms with Crippen LogP contribution in [-0.4, -0.2) is 34.7 Å². The number of benzene rings is 1. The topological polar surface area (TPSA) is 101 Å². The molecular weight excluding hydrogens is 397 g/mol. The molecule has 3 rings (SSSR count). The second-order valence-corrected chi connectivity index (χ2v) is 7.81. The SMILES string of the molecule is Cn1c2c(c3c(/C(N)=C/C=N)cc(Cl)c(Cl)c31)CN(C(=O)CCCCN)CC2. The van der Waals surface area contributed by atoms with Gasteiger partial charge in [-0.2, -0.15) is 0 Å². The summed E-state index contributed by atoms with van der Waals surface area (Å²) in [5, 5.41) is 9.13. The van der Waals surface area contributed by atoms with Crippen LogP contribution in [0.15, 0.2) is 12.1 Å². The fourth-order valence-corrected chi connectivity index (χ4v) is 4.39. The van der Waals surface area contributed by atoms with Gasteiger partial charge in [-0.15, -0.1) is 0 Å². The van der Waals surface area contributed by atoms with E-state index in [0.717, 1.165) is 53.2 Å². The van der Waals surface area contributed by atoms with Crippen LogP contribution in [0.1, 0.15) is 36.1 Å². The highest BCUT2D eigenvalue weighted by molar-refractivity contribution is 6.45. The Morgan fingerprint density at radius 2 is 2.11 bits per heavy atom. The predicted octanol–water partition coefficient (Wildman–Crippen LogP) is 3.45. The minimum Gasteiger partial charge on any atom is -0.398 e. The average Bonchev–Trinajstić information content (AvgIpc) is 2.97. The number of nitrogens with zero attached hydrogens (tertiary/aromatic N) is 2. The van der Waals surface area contributed by atoms with E-state index in [-0.39, 0.29) is 5.91 Å². The van der Waals surface area contributed by atoms with Crippen LogP contribution in [0.2, 0.25) is 10.0 Å². The number of hydrogen-bond acceptors (Lipinski definition) is 4. The molecule has 0 radical (unpaired) electrons. The van der Waals surface area contributed by atoms with Gasteiger partial charge >= 0.3 is 0 Å². The van der Waals surface area contributed by atoms with Gasteiger partial charge in [-0.1, -0.05) is 23.2 Å². The van der Waals surface area contributed by atoms with Gasteiger partial charge in [0.05, 0.1) is 15.6 Å². The third-order valence-electron chi connectivity index (χ3n) is 5.32. The average molecular weight is 422 g/mol. The Morgan fingerprint density at radius 1 is 1.36 bits per heavy atom. The molecule has 2 aromatic rings. The van der Waals surface area contributed by atoms with Crippen molar-refractivity contribution in [1.82, 2.24) is 9.47 Å². The van der Waals surface area contributed by atoms with Gasteiger partial charge in [-0.05, 0) is 31.5 Å². The van der Waals surface area contributed by atoms with Crippen molar-refractivity contribution in [3.8, 4) is 0 Å². The van der Waals surface area contributed by atoms with Crippen molar-refractivity contribution in [2.24, 2.45) is 18.5 Å². The van der Waals surface area contributed by atoms with Crippen molar-refractivity contribution in [1.29, 1.82) is 5.41 Å². The first-order valence-electron chi connectivity index (χ1n) is 9.33. The maximum atomic E-state index is 12.6. The molecule has 0 aliphatic carbocycles. The van der Waals surface area contributed by atoms with E-state index >= 15 is 0 Å². The highest BCUT2D eigenvalue weighted by atomic mass is 35.5. The van der Waals surface area contributed by atoms with Gasteiger partial charge in [0.1, 0.15) is 0 Å². The molecule has 1 aromatic heterocycles. The smallest absolute Gasteiger partial charge is 0.222 e. The molecule has 28 heavy (non-hydrogen) atoms. The first kappa shape index (κ1) is 20.7. The molecule has 150 valence electrons. The molecule has 0 unspecified atom stereocenters. The molecule has 1 aromatic carbocycles. The van der Waals surface area contributed by atoms with Gasteiger partial charge in [-0.25, -0.2) is 0 Å². The largest absolute Gasteiger partial charge is 0.398 e. The van der Waals surface area contributed by atoms with Gasteiger partial charge in [0, 0.05) is 67.1 Å².